The van der Waals surface area contributed by atoms with Gasteiger partial charge in [0, 0.05) is 26.1 Å². The summed E-state index contributed by atoms with van der Waals surface area (Å²) in [5.74, 6) is 2.50. The molecule has 28 heavy (non-hydrogen) atoms. The predicted molar refractivity (Wildman–Crippen MR) is 107 cm³/mol. The van der Waals surface area contributed by atoms with Crippen molar-refractivity contribution in [1.82, 2.24) is 16.0 Å². The number of hydrogen-bond acceptors (Lipinski definition) is 3. The summed E-state index contributed by atoms with van der Waals surface area (Å²) in [6.45, 7) is 2.42. The van der Waals surface area contributed by atoms with Crippen LogP contribution in [-0.2, 0) is 29.2 Å². The molecule has 0 atom stereocenters. The lowest BCUT2D eigenvalue weighted by Gasteiger charge is -2.56. The van der Waals surface area contributed by atoms with Crippen LogP contribution in [0, 0.1) is 23.2 Å². The van der Waals surface area contributed by atoms with Crippen LogP contribution in [0.15, 0.2) is 18.2 Å². The molecule has 0 saturated heterocycles. The van der Waals surface area contributed by atoms with E-state index in [9.17, 15) is 9.59 Å². The van der Waals surface area contributed by atoms with Gasteiger partial charge in [-0.3, -0.25) is 9.59 Å². The lowest BCUT2D eigenvalue weighted by molar-refractivity contribution is -0.131. The van der Waals surface area contributed by atoms with Crippen LogP contribution < -0.4 is 16.0 Å². The zero-order valence-electron chi connectivity index (χ0n) is 16.6. The molecule has 1 aromatic carbocycles. The predicted octanol–water partition coefficient (Wildman–Crippen LogP) is 2.63. The van der Waals surface area contributed by atoms with Gasteiger partial charge in [0.05, 0.1) is 6.54 Å². The molecule has 3 N–H and O–H groups in total. The van der Waals surface area contributed by atoms with E-state index in [0.717, 1.165) is 36.4 Å². The number of carbonyl (C=O) groups is 2. The molecule has 0 spiro atoms. The highest BCUT2D eigenvalue weighted by Gasteiger charge is 2.51. The first-order valence-corrected chi connectivity index (χ1v) is 10.9. The summed E-state index contributed by atoms with van der Waals surface area (Å²) < 4.78 is 0. The highest BCUT2D eigenvalue weighted by Crippen LogP contribution is 2.61. The Morgan fingerprint density at radius 3 is 2.32 bits per heavy atom. The summed E-state index contributed by atoms with van der Waals surface area (Å²) in [6, 6.07) is 6.35. The molecule has 5 nitrogen and oxygen atoms in total. The van der Waals surface area contributed by atoms with Crippen LogP contribution in [-0.4, -0.2) is 18.4 Å². The Labute approximate surface area is 167 Å². The molecule has 150 valence electrons. The molecular weight excluding hydrogens is 350 g/mol. The molecule has 1 aromatic rings. The summed E-state index contributed by atoms with van der Waals surface area (Å²) in [5.41, 5.74) is 3.99. The molecule has 0 aromatic heterocycles. The monoisotopic (exact) mass is 381 g/mol. The van der Waals surface area contributed by atoms with Crippen LogP contribution in [0.3, 0.4) is 0 Å². The Kier molecular flexibility index (Phi) is 4.66. The van der Waals surface area contributed by atoms with Gasteiger partial charge >= 0.3 is 0 Å². The molecule has 5 aliphatic rings. The number of nitrogens with one attached hydrogen (secondary N) is 3. The molecule has 4 saturated carbocycles. The van der Waals surface area contributed by atoms with E-state index in [1.165, 1.54) is 49.7 Å². The van der Waals surface area contributed by atoms with Crippen molar-refractivity contribution < 1.29 is 9.59 Å². The van der Waals surface area contributed by atoms with Crippen molar-refractivity contribution in [2.45, 2.75) is 64.6 Å². The smallest absolute Gasteiger partial charge is 0.239 e. The quantitative estimate of drug-likeness (QED) is 0.709. The zero-order valence-corrected chi connectivity index (χ0v) is 16.6. The summed E-state index contributed by atoms with van der Waals surface area (Å²) in [5, 5.41) is 9.14. The third-order valence-corrected chi connectivity index (χ3v) is 7.54. The van der Waals surface area contributed by atoms with E-state index in [0.29, 0.717) is 13.0 Å². The van der Waals surface area contributed by atoms with Gasteiger partial charge in [0.25, 0.3) is 0 Å². The Morgan fingerprint density at radius 1 is 0.929 bits per heavy atom. The third-order valence-electron chi connectivity index (χ3n) is 7.54. The van der Waals surface area contributed by atoms with Crippen molar-refractivity contribution in [3.8, 4) is 0 Å². The second kappa shape index (κ2) is 7.18. The lowest BCUT2D eigenvalue weighted by Crippen LogP contribution is -2.48. The van der Waals surface area contributed by atoms with E-state index < -0.39 is 0 Å². The fraction of sp³-hybridized carbons (Fsp3) is 0.652. The van der Waals surface area contributed by atoms with E-state index in [4.69, 9.17) is 0 Å². The minimum atomic E-state index is -0.113. The van der Waals surface area contributed by atoms with Gasteiger partial charge in [0.15, 0.2) is 0 Å². The average molecular weight is 382 g/mol. The van der Waals surface area contributed by atoms with Crippen LogP contribution in [0.5, 0.6) is 0 Å². The standard InChI is InChI=1S/C23H31N3O2/c27-21(10-23-7-16-3-17(8-23)5-18(4-16)9-23)26-14-22(28)25-11-15-1-2-19-12-24-13-20(19)6-15/h1-2,6,16-18,24H,3-5,7-14H2,(H,25,28)(H,26,27). The van der Waals surface area contributed by atoms with E-state index in [1.807, 2.05) is 0 Å². The van der Waals surface area contributed by atoms with Gasteiger partial charge in [-0.2, -0.15) is 0 Å². The molecule has 0 radical (unpaired) electrons. The van der Waals surface area contributed by atoms with E-state index in [2.05, 4.69) is 34.1 Å². The first-order chi connectivity index (χ1) is 13.6. The van der Waals surface area contributed by atoms with Crippen molar-refractivity contribution in [2.75, 3.05) is 6.54 Å². The zero-order chi connectivity index (χ0) is 19.1. The molecule has 4 bridgehead atoms. The highest BCUT2D eigenvalue weighted by atomic mass is 16.2. The van der Waals surface area contributed by atoms with Crippen molar-refractivity contribution in [1.29, 1.82) is 0 Å². The third kappa shape index (κ3) is 3.69. The van der Waals surface area contributed by atoms with Crippen molar-refractivity contribution in [3.05, 3.63) is 34.9 Å². The Bertz CT molecular complexity index is 753. The number of benzene rings is 1. The van der Waals surface area contributed by atoms with Crippen molar-refractivity contribution in [2.24, 2.45) is 23.2 Å². The Hall–Kier alpha value is -1.88. The molecule has 2 amide bonds. The maximum Gasteiger partial charge on any atom is 0.239 e. The number of hydrogen-bond donors (Lipinski definition) is 3. The Balaban J connectivity index is 1.08. The minimum Gasteiger partial charge on any atom is -0.350 e. The minimum absolute atomic E-state index is 0.0562. The molecule has 1 heterocycles. The molecule has 4 fully saturated rings. The van der Waals surface area contributed by atoms with Crippen LogP contribution in [0.2, 0.25) is 0 Å². The maximum atomic E-state index is 12.5. The summed E-state index contributed by atoms with van der Waals surface area (Å²) in [6.07, 6.45) is 8.47. The molecule has 4 aliphatic carbocycles. The van der Waals surface area contributed by atoms with E-state index >= 15 is 0 Å². The molecule has 0 unspecified atom stereocenters. The summed E-state index contributed by atoms with van der Waals surface area (Å²) in [4.78, 5) is 24.7. The van der Waals surface area contributed by atoms with Crippen molar-refractivity contribution >= 4 is 11.8 Å². The van der Waals surface area contributed by atoms with Crippen LogP contribution in [0.25, 0.3) is 0 Å². The fourth-order valence-corrected chi connectivity index (χ4v) is 6.81. The molecule has 1 aliphatic heterocycles. The van der Waals surface area contributed by atoms with Crippen LogP contribution in [0.1, 0.15) is 61.6 Å². The topological polar surface area (TPSA) is 70.2 Å². The van der Waals surface area contributed by atoms with Gasteiger partial charge in [-0.15, -0.1) is 0 Å². The highest BCUT2D eigenvalue weighted by molar-refractivity contribution is 5.84. The van der Waals surface area contributed by atoms with Crippen LogP contribution >= 0.6 is 0 Å². The fourth-order valence-electron chi connectivity index (χ4n) is 6.81. The van der Waals surface area contributed by atoms with Gasteiger partial charge < -0.3 is 16.0 Å². The molecular formula is C23H31N3O2. The second-order valence-electron chi connectivity index (χ2n) is 9.85. The van der Waals surface area contributed by atoms with Gasteiger partial charge in [0.2, 0.25) is 11.8 Å². The first-order valence-electron chi connectivity index (χ1n) is 10.9. The maximum absolute atomic E-state index is 12.5. The van der Waals surface area contributed by atoms with E-state index in [1.54, 1.807) is 0 Å². The van der Waals surface area contributed by atoms with Crippen LogP contribution in [0.4, 0.5) is 0 Å². The van der Waals surface area contributed by atoms with Gasteiger partial charge in [-0.1, -0.05) is 18.2 Å². The van der Waals surface area contributed by atoms with Gasteiger partial charge in [-0.25, -0.2) is 0 Å². The van der Waals surface area contributed by atoms with Crippen molar-refractivity contribution in [3.63, 3.8) is 0 Å². The number of rotatable bonds is 6. The average Bonchev–Trinajstić information content (AvgIpc) is 3.11. The second-order valence-corrected chi connectivity index (χ2v) is 9.85. The summed E-state index contributed by atoms with van der Waals surface area (Å²) >= 11 is 0. The number of carbonyl (C=O) groups excluding carboxylic acids is 2. The largest absolute Gasteiger partial charge is 0.350 e. The van der Waals surface area contributed by atoms with Gasteiger partial charge in [0.1, 0.15) is 0 Å². The number of fused-ring (bicyclic) bond motifs is 1. The van der Waals surface area contributed by atoms with Gasteiger partial charge in [-0.05, 0) is 78.4 Å². The first kappa shape index (κ1) is 18.2. The lowest BCUT2D eigenvalue weighted by atomic mass is 9.49. The Morgan fingerprint density at radius 2 is 1.61 bits per heavy atom. The summed E-state index contributed by atoms with van der Waals surface area (Å²) in [7, 11) is 0. The molecule has 5 heteroatoms. The SMILES string of the molecule is O=C(CNC(=O)CC12CC3CC(CC(C3)C1)C2)NCc1ccc2c(c1)CNC2. The number of amides is 2. The van der Waals surface area contributed by atoms with E-state index in [-0.39, 0.29) is 23.8 Å². The molecule has 6 rings (SSSR count). The normalized spacial score (nSPS) is 32.2.